The Balaban J connectivity index is 1.76. The van der Waals surface area contributed by atoms with Gasteiger partial charge < -0.3 is 19.6 Å². The number of phenols is 1. The average molecular weight is 432 g/mol. The zero-order valence-electron chi connectivity index (χ0n) is 18.0. The third kappa shape index (κ3) is 2.56. The van der Waals surface area contributed by atoms with Gasteiger partial charge in [-0.15, -0.1) is 0 Å². The molecule has 8 nitrogen and oxygen atoms in total. The van der Waals surface area contributed by atoms with Crippen LogP contribution in [-0.4, -0.2) is 58.8 Å². The molecule has 32 heavy (non-hydrogen) atoms. The second-order valence-corrected chi connectivity index (χ2v) is 7.94. The van der Waals surface area contributed by atoms with E-state index in [9.17, 15) is 14.7 Å². The van der Waals surface area contributed by atoms with Gasteiger partial charge in [0.15, 0.2) is 5.54 Å². The molecule has 3 heterocycles. The highest BCUT2D eigenvalue weighted by Crippen LogP contribution is 2.55. The minimum atomic E-state index is -1.35. The normalized spacial score (nSPS) is 19.2. The molecule has 3 aromatic rings. The summed E-state index contributed by atoms with van der Waals surface area (Å²) >= 11 is 0. The summed E-state index contributed by atoms with van der Waals surface area (Å²) in [5.41, 5.74) is 1.76. The van der Waals surface area contributed by atoms with E-state index in [-0.39, 0.29) is 23.3 Å². The van der Waals surface area contributed by atoms with Gasteiger partial charge in [0.2, 0.25) is 0 Å². The number of aromatic amines is 1. The van der Waals surface area contributed by atoms with E-state index in [0.29, 0.717) is 43.0 Å². The molecule has 1 aromatic heterocycles. The largest absolute Gasteiger partial charge is 0.507 e. The fraction of sp³-hybridized carbons (Fsp3) is 0.292. The lowest BCUT2D eigenvalue weighted by molar-refractivity contribution is -0.125. The number of amides is 2. The monoisotopic (exact) mass is 432 g/mol. The number of para-hydroxylation sites is 2. The van der Waals surface area contributed by atoms with Gasteiger partial charge in [0.1, 0.15) is 17.1 Å². The Morgan fingerprint density at radius 3 is 2.66 bits per heavy atom. The first-order chi connectivity index (χ1) is 15.5. The number of carbonyl (C=O) groups is 2. The molecule has 1 atom stereocenters. The fourth-order valence-electron chi connectivity index (χ4n) is 4.92. The van der Waals surface area contributed by atoms with Gasteiger partial charge >= 0.3 is 0 Å². The van der Waals surface area contributed by atoms with Crippen molar-refractivity contribution in [2.24, 2.45) is 0 Å². The molecule has 2 N–H and O–H groups in total. The number of hydrogen-bond donors (Lipinski definition) is 2. The minimum absolute atomic E-state index is 0.0336. The topological polar surface area (TPSA) is 98.8 Å². The van der Waals surface area contributed by atoms with Crippen molar-refractivity contribution in [3.05, 3.63) is 65.4 Å². The predicted octanol–water partition coefficient (Wildman–Crippen LogP) is 2.88. The highest BCUT2D eigenvalue weighted by Gasteiger charge is 2.63. The highest BCUT2D eigenvalue weighted by atomic mass is 16.5. The Morgan fingerprint density at radius 2 is 1.88 bits per heavy atom. The maximum Gasteiger partial charge on any atom is 0.273 e. The molecular formula is C24H24N4O4. The summed E-state index contributed by atoms with van der Waals surface area (Å²) < 4.78 is 5.48. The number of H-pyrrole nitrogens is 1. The van der Waals surface area contributed by atoms with Gasteiger partial charge in [0.05, 0.1) is 5.56 Å². The Bertz CT molecular complexity index is 1220. The van der Waals surface area contributed by atoms with E-state index in [4.69, 9.17) is 4.74 Å². The molecule has 1 spiro atoms. The van der Waals surface area contributed by atoms with Crippen molar-refractivity contribution in [2.75, 3.05) is 31.7 Å². The number of aromatic nitrogens is 2. The number of rotatable bonds is 6. The molecule has 0 aliphatic carbocycles. The Morgan fingerprint density at radius 1 is 1.12 bits per heavy atom. The molecule has 5 rings (SSSR count). The first-order valence-corrected chi connectivity index (χ1v) is 10.7. The van der Waals surface area contributed by atoms with Crippen LogP contribution in [0, 0.1) is 0 Å². The van der Waals surface area contributed by atoms with Crippen LogP contribution in [0.3, 0.4) is 0 Å². The summed E-state index contributed by atoms with van der Waals surface area (Å²) in [4.78, 5) is 30.8. The maximum atomic E-state index is 14.0. The molecule has 2 amide bonds. The van der Waals surface area contributed by atoms with Crippen LogP contribution in [0.25, 0.3) is 11.3 Å². The summed E-state index contributed by atoms with van der Waals surface area (Å²) in [5, 5.41) is 17.8. The van der Waals surface area contributed by atoms with Gasteiger partial charge in [-0.1, -0.05) is 30.3 Å². The number of hydrogen-bond acceptors (Lipinski definition) is 5. The number of carbonyl (C=O) groups excluding carboxylic acids is 2. The van der Waals surface area contributed by atoms with E-state index in [0.717, 1.165) is 11.3 Å². The smallest absolute Gasteiger partial charge is 0.273 e. The lowest BCUT2D eigenvalue weighted by Crippen LogP contribution is -2.52. The standard InChI is InChI=1S/C24H24N4O4/c1-3-32-14-8-13-28-22(30)21-19(20(25-26-21)15-9-4-7-12-18(15)29)24(28)16-10-5-6-11-17(16)27(2)23(24)31/h4-7,9-12,29H,3,8,13-14H2,1-2H3,(H,25,26)/t24-/m0/s1. The van der Waals surface area contributed by atoms with Gasteiger partial charge in [-0.3, -0.25) is 14.7 Å². The predicted molar refractivity (Wildman–Crippen MR) is 118 cm³/mol. The van der Waals surface area contributed by atoms with Crippen molar-refractivity contribution < 1.29 is 19.4 Å². The van der Waals surface area contributed by atoms with E-state index >= 15 is 0 Å². The van der Waals surface area contributed by atoms with Crippen LogP contribution in [-0.2, 0) is 15.1 Å². The number of nitrogens with one attached hydrogen (secondary N) is 1. The summed E-state index contributed by atoms with van der Waals surface area (Å²) in [6, 6.07) is 14.3. The molecule has 2 aliphatic rings. The zero-order chi connectivity index (χ0) is 22.5. The van der Waals surface area contributed by atoms with Crippen LogP contribution in [0.15, 0.2) is 48.5 Å². The van der Waals surface area contributed by atoms with Crippen LogP contribution in [0.1, 0.15) is 35.0 Å². The molecule has 0 radical (unpaired) electrons. The van der Waals surface area contributed by atoms with Crippen molar-refractivity contribution in [3.63, 3.8) is 0 Å². The van der Waals surface area contributed by atoms with Crippen LogP contribution in [0.4, 0.5) is 5.69 Å². The van der Waals surface area contributed by atoms with Gasteiger partial charge in [-0.25, -0.2) is 0 Å². The summed E-state index contributed by atoms with van der Waals surface area (Å²) in [6.07, 6.45) is 0.587. The van der Waals surface area contributed by atoms with Gasteiger partial charge in [0.25, 0.3) is 11.8 Å². The van der Waals surface area contributed by atoms with Crippen molar-refractivity contribution in [1.29, 1.82) is 0 Å². The number of phenolic OH excluding ortho intramolecular Hbond substituents is 1. The molecule has 2 aromatic carbocycles. The minimum Gasteiger partial charge on any atom is -0.507 e. The van der Waals surface area contributed by atoms with Crippen molar-refractivity contribution >= 4 is 17.5 Å². The van der Waals surface area contributed by atoms with Crippen molar-refractivity contribution in [3.8, 4) is 17.0 Å². The molecule has 8 heteroatoms. The van der Waals surface area contributed by atoms with E-state index in [1.807, 2.05) is 31.2 Å². The second kappa shape index (κ2) is 7.49. The molecule has 2 aliphatic heterocycles. The van der Waals surface area contributed by atoms with E-state index in [1.54, 1.807) is 41.1 Å². The van der Waals surface area contributed by atoms with Crippen molar-refractivity contribution in [2.45, 2.75) is 18.9 Å². The molecule has 0 bridgehead atoms. The Kier molecular flexibility index (Phi) is 4.74. The van der Waals surface area contributed by atoms with E-state index < -0.39 is 5.54 Å². The first kappa shape index (κ1) is 20.3. The highest BCUT2D eigenvalue weighted by molar-refractivity contribution is 6.17. The summed E-state index contributed by atoms with van der Waals surface area (Å²) in [7, 11) is 1.72. The third-order valence-corrected chi connectivity index (χ3v) is 6.30. The second-order valence-electron chi connectivity index (χ2n) is 7.94. The molecule has 0 fully saturated rings. The number of anilines is 1. The quantitative estimate of drug-likeness (QED) is 0.584. The zero-order valence-corrected chi connectivity index (χ0v) is 18.0. The Labute approximate surface area is 185 Å². The number of ether oxygens (including phenoxy) is 1. The van der Waals surface area contributed by atoms with Gasteiger partial charge in [-0.05, 0) is 31.5 Å². The molecule has 0 unspecified atom stereocenters. The van der Waals surface area contributed by atoms with Crippen LogP contribution in [0.2, 0.25) is 0 Å². The molecular weight excluding hydrogens is 408 g/mol. The first-order valence-electron chi connectivity index (χ1n) is 10.7. The van der Waals surface area contributed by atoms with Crippen LogP contribution < -0.4 is 4.90 Å². The number of likely N-dealkylation sites (N-methyl/N-ethyl adjacent to an activating group) is 1. The third-order valence-electron chi connectivity index (χ3n) is 6.30. The average Bonchev–Trinajstić information content (AvgIpc) is 3.41. The van der Waals surface area contributed by atoms with Crippen LogP contribution in [0.5, 0.6) is 5.75 Å². The number of aromatic hydroxyl groups is 1. The Hall–Kier alpha value is -3.65. The van der Waals surface area contributed by atoms with E-state index in [2.05, 4.69) is 10.2 Å². The molecule has 164 valence electrons. The van der Waals surface area contributed by atoms with Crippen LogP contribution >= 0.6 is 0 Å². The number of nitrogens with zero attached hydrogens (tertiary/aromatic N) is 3. The summed E-state index contributed by atoms with van der Waals surface area (Å²) in [6.45, 7) is 3.34. The maximum absolute atomic E-state index is 14.0. The SMILES string of the molecule is CCOCCCN1C(=O)c2[nH]nc(-c3ccccc3O)c2[C@@]12C(=O)N(C)c1ccccc12. The molecule has 0 saturated carbocycles. The van der Waals surface area contributed by atoms with Gasteiger partial charge in [0, 0.05) is 43.6 Å². The van der Waals surface area contributed by atoms with E-state index in [1.165, 1.54) is 0 Å². The fourth-order valence-corrected chi connectivity index (χ4v) is 4.92. The van der Waals surface area contributed by atoms with Gasteiger partial charge in [-0.2, -0.15) is 5.10 Å². The molecule has 0 saturated heterocycles. The number of benzene rings is 2. The lowest BCUT2D eigenvalue weighted by Gasteiger charge is -2.35. The van der Waals surface area contributed by atoms with Crippen molar-refractivity contribution in [1.82, 2.24) is 15.1 Å². The lowest BCUT2D eigenvalue weighted by atomic mass is 9.82. The number of fused-ring (bicyclic) bond motifs is 4. The summed E-state index contributed by atoms with van der Waals surface area (Å²) in [5.74, 6) is -0.476.